The van der Waals surface area contributed by atoms with E-state index in [9.17, 15) is 4.79 Å². The zero-order valence-corrected chi connectivity index (χ0v) is 16.7. The molecular formula is C22H27N3O3. The van der Waals surface area contributed by atoms with E-state index in [1.165, 1.54) is 5.57 Å². The van der Waals surface area contributed by atoms with Gasteiger partial charge in [0.2, 0.25) is 0 Å². The van der Waals surface area contributed by atoms with Crippen molar-refractivity contribution in [3.63, 3.8) is 0 Å². The molecule has 0 saturated carbocycles. The second kappa shape index (κ2) is 7.43. The molecule has 2 bridgehead atoms. The van der Waals surface area contributed by atoms with Gasteiger partial charge in [0, 0.05) is 11.8 Å². The van der Waals surface area contributed by atoms with Crippen molar-refractivity contribution in [1.82, 2.24) is 14.7 Å². The maximum Gasteiger partial charge on any atom is 0.411 e. The fraction of sp³-hybridized carbons (Fsp3) is 0.455. The molecule has 2 unspecified atom stereocenters. The normalized spacial score (nSPS) is 22.0. The van der Waals surface area contributed by atoms with Gasteiger partial charge in [0.25, 0.3) is 0 Å². The Hall–Kier alpha value is -2.60. The van der Waals surface area contributed by atoms with Gasteiger partial charge < -0.3 is 9.47 Å². The second-order valence-electron chi connectivity index (χ2n) is 8.45. The minimum absolute atomic E-state index is 0.0139. The first-order chi connectivity index (χ1) is 13.4. The third-order valence-corrected chi connectivity index (χ3v) is 5.26. The molecular weight excluding hydrogens is 354 g/mol. The summed E-state index contributed by atoms with van der Waals surface area (Å²) in [5.41, 5.74) is 3.27. The number of morpholine rings is 1. The van der Waals surface area contributed by atoms with Crippen molar-refractivity contribution < 1.29 is 14.3 Å². The molecule has 2 aromatic rings. The molecule has 0 aliphatic carbocycles. The van der Waals surface area contributed by atoms with Crippen LogP contribution in [0.3, 0.4) is 0 Å². The number of amides is 1. The Morgan fingerprint density at radius 2 is 2.04 bits per heavy atom. The van der Waals surface area contributed by atoms with Crippen LogP contribution in [0.2, 0.25) is 0 Å². The maximum atomic E-state index is 12.8. The van der Waals surface area contributed by atoms with Gasteiger partial charge >= 0.3 is 6.09 Å². The van der Waals surface area contributed by atoms with Gasteiger partial charge in [-0.05, 0) is 38.3 Å². The van der Waals surface area contributed by atoms with Crippen LogP contribution in [0.1, 0.15) is 38.3 Å². The van der Waals surface area contributed by atoms with Gasteiger partial charge in [0.1, 0.15) is 6.61 Å². The Morgan fingerprint density at radius 1 is 1.25 bits per heavy atom. The molecule has 1 amide bonds. The van der Waals surface area contributed by atoms with Crippen LogP contribution in [0.5, 0.6) is 0 Å². The Labute approximate surface area is 165 Å². The fourth-order valence-electron chi connectivity index (χ4n) is 3.74. The van der Waals surface area contributed by atoms with E-state index in [2.05, 4.69) is 38.1 Å². The summed E-state index contributed by atoms with van der Waals surface area (Å²) in [6, 6.07) is 9.63. The van der Waals surface area contributed by atoms with Crippen LogP contribution in [0.15, 0.2) is 48.8 Å². The summed E-state index contributed by atoms with van der Waals surface area (Å²) >= 11 is 0. The summed E-state index contributed by atoms with van der Waals surface area (Å²) in [5.74, 6) is 0. The lowest BCUT2D eigenvalue weighted by molar-refractivity contribution is -0.0342. The Balaban J connectivity index is 1.49. The Bertz CT molecular complexity index is 867. The van der Waals surface area contributed by atoms with Crippen LogP contribution in [-0.4, -0.2) is 46.1 Å². The molecule has 1 fully saturated rings. The molecule has 148 valence electrons. The first-order valence-corrected chi connectivity index (χ1v) is 9.75. The lowest BCUT2D eigenvalue weighted by Gasteiger charge is -2.43. The number of carbonyl (C=O) groups excluding carboxylic acids is 1. The van der Waals surface area contributed by atoms with Gasteiger partial charge in [0.15, 0.2) is 0 Å². The third-order valence-electron chi connectivity index (χ3n) is 5.26. The van der Waals surface area contributed by atoms with Crippen molar-refractivity contribution in [2.24, 2.45) is 0 Å². The van der Waals surface area contributed by atoms with Crippen molar-refractivity contribution in [1.29, 1.82) is 0 Å². The second-order valence-corrected chi connectivity index (χ2v) is 8.45. The van der Waals surface area contributed by atoms with Crippen molar-refractivity contribution in [2.45, 2.75) is 51.4 Å². The molecule has 1 saturated heterocycles. The lowest BCUT2D eigenvalue weighted by atomic mass is 9.91. The standard InChI is InChI=1S/C22H27N3O3/c1-22(2,3)24-12-18(11-23-24)17-9-19-14-27-15-20(10-17)25(19)21(26)28-13-16-7-5-4-6-8-16/h4-9,11-12,19-20H,10,13-15H2,1-3H3. The first kappa shape index (κ1) is 18.7. The monoisotopic (exact) mass is 381 g/mol. The van der Waals surface area contributed by atoms with Gasteiger partial charge in [-0.1, -0.05) is 36.4 Å². The predicted octanol–water partition coefficient (Wildman–Crippen LogP) is 3.83. The zero-order valence-electron chi connectivity index (χ0n) is 16.7. The molecule has 3 heterocycles. The molecule has 28 heavy (non-hydrogen) atoms. The summed E-state index contributed by atoms with van der Waals surface area (Å²) in [7, 11) is 0. The quantitative estimate of drug-likeness (QED) is 0.811. The number of rotatable bonds is 3. The van der Waals surface area contributed by atoms with E-state index in [0.717, 1.165) is 17.5 Å². The summed E-state index contributed by atoms with van der Waals surface area (Å²) in [4.78, 5) is 14.6. The number of carbonyl (C=O) groups is 1. The van der Waals surface area contributed by atoms with E-state index >= 15 is 0 Å². The summed E-state index contributed by atoms with van der Waals surface area (Å²) in [6.07, 6.45) is 6.60. The van der Waals surface area contributed by atoms with Crippen LogP contribution >= 0.6 is 0 Å². The summed E-state index contributed by atoms with van der Waals surface area (Å²) in [6.45, 7) is 7.70. The summed E-state index contributed by atoms with van der Waals surface area (Å²) in [5, 5.41) is 4.51. The minimum Gasteiger partial charge on any atom is -0.445 e. The average molecular weight is 381 g/mol. The van der Waals surface area contributed by atoms with Crippen LogP contribution in [0.4, 0.5) is 4.79 Å². The fourth-order valence-corrected chi connectivity index (χ4v) is 3.74. The molecule has 2 aliphatic rings. The molecule has 0 N–H and O–H groups in total. The van der Waals surface area contributed by atoms with E-state index in [1.807, 2.05) is 46.1 Å². The predicted molar refractivity (Wildman–Crippen MR) is 107 cm³/mol. The largest absolute Gasteiger partial charge is 0.445 e. The van der Waals surface area contributed by atoms with Crippen molar-refractivity contribution in [3.8, 4) is 0 Å². The molecule has 0 spiro atoms. The van der Waals surface area contributed by atoms with Crippen LogP contribution in [0.25, 0.3) is 5.57 Å². The molecule has 2 atom stereocenters. The number of nitrogens with zero attached hydrogens (tertiary/aromatic N) is 3. The van der Waals surface area contributed by atoms with Crippen LogP contribution in [-0.2, 0) is 21.6 Å². The highest BCUT2D eigenvalue weighted by atomic mass is 16.6. The SMILES string of the molecule is CC(C)(C)n1cc(C2=CC3COCC(C2)N3C(=O)OCc2ccccc2)cn1. The summed E-state index contributed by atoms with van der Waals surface area (Å²) < 4.78 is 13.3. The Kier molecular flexibility index (Phi) is 4.98. The number of hydrogen-bond donors (Lipinski definition) is 0. The average Bonchev–Trinajstić information content (AvgIpc) is 3.16. The van der Waals surface area contributed by atoms with Crippen LogP contribution < -0.4 is 0 Å². The van der Waals surface area contributed by atoms with Crippen molar-refractivity contribution in [3.05, 3.63) is 59.9 Å². The van der Waals surface area contributed by atoms with Gasteiger partial charge in [-0.15, -0.1) is 0 Å². The molecule has 2 aliphatic heterocycles. The Morgan fingerprint density at radius 3 is 2.71 bits per heavy atom. The number of benzene rings is 1. The number of fused-ring (bicyclic) bond motifs is 2. The van der Waals surface area contributed by atoms with Gasteiger partial charge in [0.05, 0.1) is 37.0 Å². The highest BCUT2D eigenvalue weighted by Crippen LogP contribution is 2.33. The van der Waals surface area contributed by atoms with Crippen molar-refractivity contribution in [2.75, 3.05) is 13.2 Å². The van der Waals surface area contributed by atoms with E-state index in [0.29, 0.717) is 13.2 Å². The zero-order chi connectivity index (χ0) is 19.7. The number of aromatic nitrogens is 2. The maximum absolute atomic E-state index is 12.8. The molecule has 4 rings (SSSR count). The highest BCUT2D eigenvalue weighted by Gasteiger charge is 2.39. The first-order valence-electron chi connectivity index (χ1n) is 9.75. The molecule has 0 radical (unpaired) electrons. The van der Waals surface area contributed by atoms with Crippen LogP contribution in [0, 0.1) is 0 Å². The molecule has 6 nitrogen and oxygen atoms in total. The molecule has 1 aromatic heterocycles. The number of hydrogen-bond acceptors (Lipinski definition) is 4. The third kappa shape index (κ3) is 3.83. The minimum atomic E-state index is -0.275. The van der Waals surface area contributed by atoms with Gasteiger partial charge in [-0.3, -0.25) is 9.58 Å². The van der Waals surface area contributed by atoms with Crippen molar-refractivity contribution >= 4 is 11.7 Å². The lowest BCUT2D eigenvalue weighted by Crippen LogP contribution is -2.56. The van der Waals surface area contributed by atoms with E-state index in [1.54, 1.807) is 0 Å². The number of ether oxygens (including phenoxy) is 2. The smallest absolute Gasteiger partial charge is 0.411 e. The van der Waals surface area contributed by atoms with E-state index < -0.39 is 0 Å². The highest BCUT2D eigenvalue weighted by molar-refractivity contribution is 5.74. The topological polar surface area (TPSA) is 56.6 Å². The van der Waals surface area contributed by atoms with Gasteiger partial charge in [-0.2, -0.15) is 5.10 Å². The molecule has 6 heteroatoms. The van der Waals surface area contributed by atoms with E-state index in [4.69, 9.17) is 9.47 Å². The molecule has 1 aromatic carbocycles. The van der Waals surface area contributed by atoms with Gasteiger partial charge in [-0.25, -0.2) is 4.79 Å². The van der Waals surface area contributed by atoms with E-state index in [-0.39, 0.29) is 30.3 Å².